The largest absolute Gasteiger partial charge is 0.261 e. The fourth-order valence-electron chi connectivity index (χ4n) is 0.314. The highest BCUT2D eigenvalue weighted by Crippen LogP contribution is 1.97. The molecular formula is C5H10N2S. The van der Waals surface area contributed by atoms with Crippen molar-refractivity contribution in [3.05, 3.63) is 0 Å². The normalized spacial score (nSPS) is 11.5. The molecule has 2 nitrogen and oxygen atoms in total. The van der Waals surface area contributed by atoms with E-state index in [-0.39, 0.29) is 0 Å². The molecule has 0 radical (unpaired) electrons. The highest BCUT2D eigenvalue weighted by molar-refractivity contribution is 8.13. The predicted molar refractivity (Wildman–Crippen MR) is 41.0 cm³/mol. The first-order valence-corrected chi connectivity index (χ1v) is 3.62. The molecule has 8 heavy (non-hydrogen) atoms. The van der Waals surface area contributed by atoms with Crippen LogP contribution in [0.1, 0.15) is 6.92 Å². The Labute approximate surface area is 54.1 Å². The molecule has 0 aromatic rings. The monoisotopic (exact) mass is 130 g/mol. The smallest absolute Gasteiger partial charge is 0.181 e. The number of hydrogen-bond acceptors (Lipinski definition) is 2. The third-order valence-corrected chi connectivity index (χ3v) is 1.23. The molecule has 0 unspecified atom stereocenters. The average molecular weight is 130 g/mol. The summed E-state index contributed by atoms with van der Waals surface area (Å²) in [6.45, 7) is 6.11. The van der Waals surface area contributed by atoms with Crippen molar-refractivity contribution in [1.82, 2.24) is 0 Å². The van der Waals surface area contributed by atoms with Crippen LogP contribution in [0.4, 0.5) is 0 Å². The second kappa shape index (κ2) is 4.84. The van der Waals surface area contributed by atoms with Crippen molar-refractivity contribution >= 4 is 23.6 Å². The van der Waals surface area contributed by atoms with Gasteiger partial charge in [-0.3, -0.25) is 4.99 Å². The van der Waals surface area contributed by atoms with E-state index in [0.29, 0.717) is 0 Å². The molecular weight excluding hydrogens is 120 g/mol. The molecule has 0 aromatic carbocycles. The Morgan fingerprint density at radius 1 is 1.75 bits per heavy atom. The fraction of sp³-hybridized carbons (Fsp3) is 0.600. The molecule has 46 valence electrons. The maximum Gasteiger partial charge on any atom is 0.181 e. The second-order valence-corrected chi connectivity index (χ2v) is 1.89. The highest BCUT2D eigenvalue weighted by Gasteiger charge is 1.84. The molecule has 0 N–H and O–H groups in total. The Morgan fingerprint density at radius 2 is 2.38 bits per heavy atom. The molecule has 0 atom stereocenters. The molecule has 0 rings (SSSR count). The summed E-state index contributed by atoms with van der Waals surface area (Å²) in [5, 5.41) is 0.771. The van der Waals surface area contributed by atoms with E-state index >= 15 is 0 Å². The van der Waals surface area contributed by atoms with Gasteiger partial charge in [-0.15, -0.1) is 0 Å². The van der Waals surface area contributed by atoms with Gasteiger partial charge in [-0.2, -0.15) is 0 Å². The summed E-state index contributed by atoms with van der Waals surface area (Å²) in [6.07, 6.45) is 1.93. The topological polar surface area (TPSA) is 24.7 Å². The van der Waals surface area contributed by atoms with E-state index in [0.717, 1.165) is 11.7 Å². The molecule has 0 saturated heterocycles. The predicted octanol–water partition coefficient (Wildman–Crippen LogP) is 1.43. The van der Waals surface area contributed by atoms with E-state index in [4.69, 9.17) is 0 Å². The average Bonchev–Trinajstić information content (AvgIpc) is 1.83. The van der Waals surface area contributed by atoms with Gasteiger partial charge in [-0.1, -0.05) is 11.8 Å². The summed E-state index contributed by atoms with van der Waals surface area (Å²) in [4.78, 5) is 7.67. The van der Waals surface area contributed by atoms with E-state index in [1.807, 2.05) is 13.2 Å². The second-order valence-electron chi connectivity index (χ2n) is 1.12. The van der Waals surface area contributed by atoms with Gasteiger partial charge in [0, 0.05) is 6.54 Å². The van der Waals surface area contributed by atoms with Crippen LogP contribution in [0.3, 0.4) is 0 Å². The Bertz CT molecular complexity index is 98.6. The van der Waals surface area contributed by atoms with Crippen LogP contribution in [0.2, 0.25) is 0 Å². The van der Waals surface area contributed by atoms with Crippen molar-refractivity contribution in [1.29, 1.82) is 0 Å². The summed E-state index contributed by atoms with van der Waals surface area (Å²) in [5.74, 6) is 0. The summed E-state index contributed by atoms with van der Waals surface area (Å²) >= 11 is 1.52. The Hall–Kier alpha value is -0.310. The third kappa shape index (κ3) is 2.80. The standard InChI is InChI=1S/C5H10N2S/c1-4-7-5(6-2)8-3/h2,4H2,1,3H3/b7-5+. The maximum atomic E-state index is 4.01. The molecule has 0 amide bonds. The van der Waals surface area contributed by atoms with Crippen LogP contribution in [0.5, 0.6) is 0 Å². The van der Waals surface area contributed by atoms with Gasteiger partial charge in [0.05, 0.1) is 0 Å². The minimum absolute atomic E-state index is 0.771. The minimum atomic E-state index is 0.771. The molecule has 0 spiro atoms. The van der Waals surface area contributed by atoms with Crippen LogP contribution in [-0.4, -0.2) is 24.7 Å². The molecule has 0 heterocycles. The van der Waals surface area contributed by atoms with Gasteiger partial charge in [0.15, 0.2) is 5.17 Å². The number of thioether (sulfide) groups is 1. The van der Waals surface area contributed by atoms with Gasteiger partial charge >= 0.3 is 0 Å². The van der Waals surface area contributed by atoms with Crippen LogP contribution < -0.4 is 0 Å². The summed E-state index contributed by atoms with van der Waals surface area (Å²) < 4.78 is 0. The lowest BCUT2D eigenvalue weighted by Crippen LogP contribution is -1.84. The first-order chi connectivity index (χ1) is 3.85. The SMILES string of the molecule is C=N/C(=N\CC)SC. The number of aliphatic imine (C=N–C) groups is 2. The van der Waals surface area contributed by atoms with Crippen LogP contribution in [0.25, 0.3) is 0 Å². The van der Waals surface area contributed by atoms with Crippen molar-refractivity contribution in [3.8, 4) is 0 Å². The molecule has 0 fully saturated rings. The van der Waals surface area contributed by atoms with E-state index in [1.165, 1.54) is 11.8 Å². The zero-order valence-electron chi connectivity index (χ0n) is 5.22. The Kier molecular flexibility index (Phi) is 4.65. The molecule has 0 aliphatic heterocycles. The van der Waals surface area contributed by atoms with Crippen molar-refractivity contribution < 1.29 is 0 Å². The lowest BCUT2D eigenvalue weighted by molar-refractivity contribution is 1.13. The summed E-state index contributed by atoms with van der Waals surface area (Å²) in [6, 6.07) is 0. The van der Waals surface area contributed by atoms with Crippen LogP contribution in [0.15, 0.2) is 9.98 Å². The van der Waals surface area contributed by atoms with E-state index in [2.05, 4.69) is 16.7 Å². The van der Waals surface area contributed by atoms with Crippen LogP contribution in [0, 0.1) is 0 Å². The van der Waals surface area contributed by atoms with Crippen LogP contribution in [-0.2, 0) is 0 Å². The Balaban J connectivity index is 3.66. The Morgan fingerprint density at radius 3 is 2.50 bits per heavy atom. The van der Waals surface area contributed by atoms with Gasteiger partial charge in [-0.25, -0.2) is 4.99 Å². The number of nitrogens with zero attached hydrogens (tertiary/aromatic N) is 2. The van der Waals surface area contributed by atoms with Gasteiger partial charge in [0.1, 0.15) is 0 Å². The molecule has 3 heteroatoms. The van der Waals surface area contributed by atoms with Crippen molar-refractivity contribution in [2.45, 2.75) is 6.92 Å². The lowest BCUT2D eigenvalue weighted by Gasteiger charge is -1.89. The molecule has 0 aliphatic carbocycles. The van der Waals surface area contributed by atoms with Crippen LogP contribution >= 0.6 is 11.8 Å². The van der Waals surface area contributed by atoms with Crippen molar-refractivity contribution in [2.75, 3.05) is 12.8 Å². The third-order valence-electron chi connectivity index (χ3n) is 0.611. The lowest BCUT2D eigenvalue weighted by atomic mass is 10.8. The van der Waals surface area contributed by atoms with E-state index in [9.17, 15) is 0 Å². The first-order valence-electron chi connectivity index (χ1n) is 2.40. The minimum Gasteiger partial charge on any atom is -0.261 e. The highest BCUT2D eigenvalue weighted by atomic mass is 32.2. The quantitative estimate of drug-likeness (QED) is 0.389. The van der Waals surface area contributed by atoms with E-state index < -0.39 is 0 Å². The molecule has 0 aromatic heterocycles. The fourth-order valence-corrected chi connectivity index (χ4v) is 0.702. The zero-order valence-corrected chi connectivity index (χ0v) is 6.03. The van der Waals surface area contributed by atoms with E-state index in [1.54, 1.807) is 0 Å². The van der Waals surface area contributed by atoms with Gasteiger partial charge < -0.3 is 0 Å². The van der Waals surface area contributed by atoms with Gasteiger partial charge in [0.25, 0.3) is 0 Å². The summed E-state index contributed by atoms with van der Waals surface area (Å²) in [7, 11) is 0. The molecule has 0 bridgehead atoms. The maximum absolute atomic E-state index is 4.01. The van der Waals surface area contributed by atoms with Crippen molar-refractivity contribution in [3.63, 3.8) is 0 Å². The number of hydrogen-bond donors (Lipinski definition) is 0. The first kappa shape index (κ1) is 7.69. The van der Waals surface area contributed by atoms with Gasteiger partial charge in [0.2, 0.25) is 0 Å². The molecule has 0 saturated carbocycles. The van der Waals surface area contributed by atoms with Gasteiger partial charge in [-0.05, 0) is 19.9 Å². The molecule has 0 aliphatic rings. The zero-order chi connectivity index (χ0) is 6.41. The summed E-state index contributed by atoms with van der Waals surface area (Å²) in [5.41, 5.74) is 0. The number of rotatable bonds is 1. The van der Waals surface area contributed by atoms with Crippen molar-refractivity contribution in [2.24, 2.45) is 9.98 Å². The number of amidine groups is 1.